The number of allylic oxidation sites excluding steroid dienone is 4. The van der Waals surface area contributed by atoms with Crippen LogP contribution in [0.25, 0.3) is 0 Å². The third-order valence-electron chi connectivity index (χ3n) is 6.31. The van der Waals surface area contributed by atoms with Crippen molar-refractivity contribution in [3.63, 3.8) is 0 Å². The van der Waals surface area contributed by atoms with E-state index in [9.17, 15) is 9.59 Å². The molecule has 1 amide bonds. The first-order chi connectivity index (χ1) is 14.6. The Hall–Kier alpha value is -2.33. The molecule has 0 radical (unpaired) electrons. The molecule has 6 nitrogen and oxygen atoms in total. The van der Waals surface area contributed by atoms with Crippen LogP contribution in [-0.2, 0) is 18.8 Å². The first-order valence-electron chi connectivity index (χ1n) is 10.9. The Labute approximate surface area is 188 Å². The first-order valence-corrected chi connectivity index (χ1v) is 13.8. The molecule has 0 aromatic heterocycles. The summed E-state index contributed by atoms with van der Waals surface area (Å²) in [4.78, 5) is 24.4. The average molecular weight is 447 g/mol. The summed E-state index contributed by atoms with van der Waals surface area (Å²) in [6.07, 6.45) is 13.5. The summed E-state index contributed by atoms with van der Waals surface area (Å²) in [6.45, 7) is 11.7. The van der Waals surface area contributed by atoms with Gasteiger partial charge in [0.05, 0.1) is 19.4 Å². The molecule has 1 rings (SSSR count). The first kappa shape index (κ1) is 26.7. The van der Waals surface area contributed by atoms with Crippen LogP contribution in [0.2, 0.25) is 18.1 Å². The molecule has 0 N–H and O–H groups in total. The molecule has 0 fully saturated rings. The Kier molecular flexibility index (Phi) is 10.8. The molecular formula is C24H38N2O4Si. The van der Waals surface area contributed by atoms with Gasteiger partial charge in [0.25, 0.3) is 0 Å². The summed E-state index contributed by atoms with van der Waals surface area (Å²) < 4.78 is 11.1. The molecule has 0 saturated heterocycles. The number of hydrogen-bond donors (Lipinski definition) is 0. The zero-order valence-corrected chi connectivity index (χ0v) is 20.9. The van der Waals surface area contributed by atoms with E-state index >= 15 is 0 Å². The minimum Gasteiger partial charge on any atom is -0.549 e. The van der Waals surface area contributed by atoms with Crippen molar-refractivity contribution in [3.05, 3.63) is 36.1 Å². The number of carbonyl (C=O) groups excluding carboxylic acids is 2. The Morgan fingerprint density at radius 1 is 1.35 bits per heavy atom. The molecule has 1 aliphatic rings. The van der Waals surface area contributed by atoms with Crippen LogP contribution < -0.4 is 0 Å². The van der Waals surface area contributed by atoms with E-state index in [0.717, 1.165) is 25.7 Å². The van der Waals surface area contributed by atoms with Gasteiger partial charge >= 0.3 is 5.97 Å². The monoisotopic (exact) mass is 446 g/mol. The number of nitriles is 1. The zero-order valence-electron chi connectivity index (χ0n) is 19.9. The van der Waals surface area contributed by atoms with Gasteiger partial charge in [-0.1, -0.05) is 39.0 Å². The molecule has 0 aliphatic heterocycles. The number of ether oxygens (including phenoxy) is 1. The Balaban J connectivity index is 3.13. The number of hydrogen-bond acceptors (Lipinski definition) is 5. The van der Waals surface area contributed by atoms with Crippen molar-refractivity contribution < 1.29 is 18.8 Å². The van der Waals surface area contributed by atoms with Crippen LogP contribution in [-0.4, -0.2) is 45.8 Å². The van der Waals surface area contributed by atoms with E-state index in [1.165, 1.54) is 23.7 Å². The smallest absolute Gasteiger partial charge is 0.330 e. The maximum absolute atomic E-state index is 11.4. The molecule has 0 spiro atoms. The van der Waals surface area contributed by atoms with Crippen LogP contribution in [0.4, 0.5) is 0 Å². The van der Waals surface area contributed by atoms with Gasteiger partial charge in [0.15, 0.2) is 0 Å². The molecule has 172 valence electrons. The lowest BCUT2D eigenvalue weighted by Gasteiger charge is -2.36. The normalized spacial score (nSPS) is 20.9. The number of carbonyl (C=O) groups is 2. The van der Waals surface area contributed by atoms with E-state index in [2.05, 4.69) is 56.8 Å². The summed E-state index contributed by atoms with van der Waals surface area (Å²) in [6, 6.07) is 2.06. The van der Waals surface area contributed by atoms with Crippen molar-refractivity contribution in [1.29, 1.82) is 5.26 Å². The summed E-state index contributed by atoms with van der Waals surface area (Å²) in [5.41, 5.74) is 1.21. The van der Waals surface area contributed by atoms with Crippen LogP contribution in [0.1, 0.15) is 46.5 Å². The second kappa shape index (κ2) is 12.5. The fourth-order valence-corrected chi connectivity index (χ4v) is 4.13. The minimum atomic E-state index is -1.95. The number of esters is 1. The van der Waals surface area contributed by atoms with Gasteiger partial charge in [0.1, 0.15) is 6.54 Å². The molecule has 0 aromatic rings. The van der Waals surface area contributed by atoms with E-state index in [1.54, 1.807) is 0 Å². The van der Waals surface area contributed by atoms with Crippen molar-refractivity contribution in [1.82, 2.24) is 4.90 Å². The molecule has 2 atom stereocenters. The summed E-state index contributed by atoms with van der Waals surface area (Å²) >= 11 is 0. The number of amides is 1. The van der Waals surface area contributed by atoms with Gasteiger partial charge in [-0.3, -0.25) is 4.79 Å². The highest BCUT2D eigenvalue weighted by atomic mass is 28.4. The van der Waals surface area contributed by atoms with E-state index in [-0.39, 0.29) is 29.4 Å². The molecule has 0 unspecified atom stereocenters. The third-order valence-corrected chi connectivity index (χ3v) is 10.6. The second-order valence-electron chi connectivity index (χ2n) is 9.54. The SMILES string of the molecule is COC(=O)/C=C\CC[C@@H]1C(=CO[Si](C)(C)C(C)(C)C)CC=CC[C@@H]1CN(C=O)CC#N. The maximum atomic E-state index is 11.4. The third kappa shape index (κ3) is 8.74. The van der Waals surface area contributed by atoms with Gasteiger partial charge in [-0.2, -0.15) is 5.26 Å². The van der Waals surface area contributed by atoms with Gasteiger partial charge < -0.3 is 14.1 Å². The quantitative estimate of drug-likeness (QED) is 0.0900. The molecule has 31 heavy (non-hydrogen) atoms. The topological polar surface area (TPSA) is 79.6 Å². The Bertz CT molecular complexity index is 729. The molecule has 0 bridgehead atoms. The lowest BCUT2D eigenvalue weighted by Crippen LogP contribution is -2.39. The van der Waals surface area contributed by atoms with Gasteiger partial charge in [-0.05, 0) is 61.2 Å². The molecule has 0 heterocycles. The zero-order chi connectivity index (χ0) is 23.5. The van der Waals surface area contributed by atoms with Crippen LogP contribution in [0.15, 0.2) is 36.1 Å². The lowest BCUT2D eigenvalue weighted by molar-refractivity contribution is -0.134. The minimum absolute atomic E-state index is 0.0815. The van der Waals surface area contributed by atoms with Crippen LogP contribution >= 0.6 is 0 Å². The van der Waals surface area contributed by atoms with E-state index in [0.29, 0.717) is 13.0 Å². The van der Waals surface area contributed by atoms with Crippen molar-refractivity contribution in [2.45, 2.75) is 64.6 Å². The van der Waals surface area contributed by atoms with Crippen molar-refractivity contribution in [3.8, 4) is 6.07 Å². The van der Waals surface area contributed by atoms with Gasteiger partial charge in [0, 0.05) is 12.6 Å². The van der Waals surface area contributed by atoms with Gasteiger partial charge in [-0.25, -0.2) is 4.79 Å². The number of nitrogens with zero attached hydrogens (tertiary/aromatic N) is 2. The highest BCUT2D eigenvalue weighted by molar-refractivity contribution is 6.74. The van der Waals surface area contributed by atoms with E-state index in [4.69, 9.17) is 9.69 Å². The Morgan fingerprint density at radius 3 is 2.65 bits per heavy atom. The van der Waals surface area contributed by atoms with Crippen LogP contribution in [0, 0.1) is 23.2 Å². The van der Waals surface area contributed by atoms with Crippen molar-refractivity contribution in [2.24, 2.45) is 11.8 Å². The largest absolute Gasteiger partial charge is 0.549 e. The van der Waals surface area contributed by atoms with E-state index in [1.807, 2.05) is 12.3 Å². The molecule has 0 aromatic carbocycles. The predicted molar refractivity (Wildman–Crippen MR) is 125 cm³/mol. The lowest BCUT2D eigenvalue weighted by atomic mass is 9.81. The van der Waals surface area contributed by atoms with Crippen molar-refractivity contribution >= 4 is 20.7 Å². The number of rotatable bonds is 10. The Morgan fingerprint density at radius 2 is 2.06 bits per heavy atom. The van der Waals surface area contributed by atoms with E-state index < -0.39 is 8.32 Å². The maximum Gasteiger partial charge on any atom is 0.330 e. The predicted octanol–water partition coefficient (Wildman–Crippen LogP) is 4.97. The molecule has 1 aliphatic carbocycles. The van der Waals surface area contributed by atoms with Gasteiger partial charge in [-0.15, -0.1) is 0 Å². The molecule has 7 heteroatoms. The van der Waals surface area contributed by atoms with Crippen LogP contribution in [0.5, 0.6) is 0 Å². The summed E-state index contributed by atoms with van der Waals surface area (Å²) in [7, 11) is -0.589. The average Bonchev–Trinajstić information content (AvgIpc) is 2.90. The highest BCUT2D eigenvalue weighted by Crippen LogP contribution is 2.39. The second-order valence-corrected chi connectivity index (χ2v) is 14.3. The fourth-order valence-electron chi connectivity index (χ4n) is 3.33. The summed E-state index contributed by atoms with van der Waals surface area (Å²) in [5.74, 6) is -0.00133. The summed E-state index contributed by atoms with van der Waals surface area (Å²) in [5, 5.41) is 9.13. The molecule has 0 saturated carbocycles. The van der Waals surface area contributed by atoms with Crippen molar-refractivity contribution in [2.75, 3.05) is 20.2 Å². The number of methoxy groups -OCH3 is 1. The molecular weight excluding hydrogens is 408 g/mol. The highest BCUT2D eigenvalue weighted by Gasteiger charge is 2.38. The fraction of sp³-hybridized carbons (Fsp3) is 0.625. The van der Waals surface area contributed by atoms with Gasteiger partial charge in [0.2, 0.25) is 14.7 Å². The van der Waals surface area contributed by atoms with Crippen LogP contribution in [0.3, 0.4) is 0 Å². The standard InChI is InChI=1S/C24H38N2O4Si/c1-24(2,3)31(5,6)30-18-21-12-8-7-11-20(17-26(19-27)16-15-25)22(21)13-9-10-14-23(28)29-4/h7-8,10,14,18-20,22H,9,11-13,16-17H2,1-6H3/b14-10-,21-18?/t20-,22+/m1/s1.